The van der Waals surface area contributed by atoms with E-state index in [1.807, 2.05) is 55.5 Å². The number of hydrogen-bond donors (Lipinski definition) is 2. The first kappa shape index (κ1) is 27.4. The van der Waals surface area contributed by atoms with E-state index in [9.17, 15) is 0 Å². The van der Waals surface area contributed by atoms with Crippen molar-refractivity contribution in [2.45, 2.75) is 70.4 Å². The maximum atomic E-state index is 6.53. The van der Waals surface area contributed by atoms with Crippen molar-refractivity contribution in [2.24, 2.45) is 28.8 Å². The Morgan fingerprint density at radius 1 is 1.00 bits per heavy atom. The zero-order chi connectivity index (χ0) is 27.9. The maximum absolute atomic E-state index is 6.53. The summed E-state index contributed by atoms with van der Waals surface area (Å²) in [5.41, 5.74) is 3.98. The number of anilines is 1. The number of rotatable bonds is 6. The van der Waals surface area contributed by atoms with Crippen molar-refractivity contribution in [3.63, 3.8) is 0 Å². The zero-order valence-electron chi connectivity index (χ0n) is 23.3. The van der Waals surface area contributed by atoms with Gasteiger partial charge in [0.2, 0.25) is 12.1 Å². The lowest BCUT2D eigenvalue weighted by Gasteiger charge is -2.60. The molecule has 9 nitrogen and oxygen atoms in total. The lowest BCUT2D eigenvalue weighted by molar-refractivity contribution is -0.575. The van der Waals surface area contributed by atoms with E-state index < -0.39 is 24.0 Å². The van der Waals surface area contributed by atoms with Gasteiger partial charge in [-0.05, 0) is 104 Å². The molecule has 2 aromatic rings. The average molecular weight is 568 g/mol. The molecule has 1 aliphatic carbocycles. The average Bonchev–Trinajstić information content (AvgIpc) is 3.18. The highest BCUT2D eigenvalue weighted by Crippen LogP contribution is 2.60. The fourth-order valence-corrected chi connectivity index (χ4v) is 6.94. The Kier molecular flexibility index (Phi) is 7.47. The highest BCUT2D eigenvalue weighted by Gasteiger charge is 2.69. The molecule has 10 heteroatoms. The molecule has 0 amide bonds. The summed E-state index contributed by atoms with van der Waals surface area (Å²) in [6.07, 6.45) is 4.70. The molecule has 1 saturated carbocycles. The first-order valence-electron chi connectivity index (χ1n) is 14.0. The first-order chi connectivity index (χ1) is 19.3. The Balaban J connectivity index is 1.08. The summed E-state index contributed by atoms with van der Waals surface area (Å²) in [6, 6.07) is 15.2. The minimum Gasteiger partial charge on any atom is -0.497 e. The third-order valence-electron chi connectivity index (χ3n) is 8.96. The van der Waals surface area contributed by atoms with Crippen molar-refractivity contribution in [1.29, 1.82) is 0 Å². The Morgan fingerprint density at radius 2 is 1.75 bits per heavy atom. The third kappa shape index (κ3) is 5.07. The molecule has 7 rings (SSSR count). The number of nitrogens with one attached hydrogen (secondary N) is 2. The Hall–Kier alpha value is -2.76. The van der Waals surface area contributed by atoms with Crippen molar-refractivity contribution in [2.75, 3.05) is 12.4 Å². The molecule has 0 aromatic heterocycles. The molecule has 4 aliphatic heterocycles. The molecule has 4 heterocycles. The van der Waals surface area contributed by atoms with Gasteiger partial charge >= 0.3 is 0 Å². The summed E-state index contributed by atoms with van der Waals surface area (Å²) in [5.74, 6) is 1.87. The number of thiocarbonyl (C=S) groups is 1. The second-order valence-electron chi connectivity index (χ2n) is 11.5. The summed E-state index contributed by atoms with van der Waals surface area (Å²) in [6.45, 7) is 6.44. The molecule has 40 heavy (non-hydrogen) atoms. The second-order valence-corrected chi connectivity index (χ2v) is 11.9. The predicted octanol–water partition coefficient (Wildman–Crippen LogP) is 5.60. The molecule has 8 atom stereocenters. The summed E-state index contributed by atoms with van der Waals surface area (Å²) < 4.78 is 24.5. The smallest absolute Gasteiger partial charge is 0.205 e. The number of fused-ring (bicyclic) bond motifs is 2. The fraction of sp³-hybridized carbons (Fsp3) is 0.533. The largest absolute Gasteiger partial charge is 0.497 e. The van der Waals surface area contributed by atoms with Gasteiger partial charge in [0.15, 0.2) is 17.0 Å². The highest BCUT2D eigenvalue weighted by molar-refractivity contribution is 7.80. The van der Waals surface area contributed by atoms with Gasteiger partial charge in [0.25, 0.3) is 0 Å². The topological polar surface area (TPSA) is 91.8 Å². The van der Waals surface area contributed by atoms with E-state index in [0.717, 1.165) is 48.4 Å². The quantitative estimate of drug-likeness (QED) is 0.200. The number of hydrogen-bond acceptors (Lipinski definition) is 8. The number of methoxy groups -OCH3 is 1. The normalized spacial score (nSPS) is 36.4. The zero-order valence-corrected chi connectivity index (χ0v) is 24.1. The summed E-state index contributed by atoms with van der Waals surface area (Å²) in [4.78, 5) is 12.1. The van der Waals surface area contributed by atoms with E-state index in [4.69, 9.17) is 40.9 Å². The van der Waals surface area contributed by atoms with Crippen molar-refractivity contribution in [1.82, 2.24) is 5.43 Å². The van der Waals surface area contributed by atoms with Gasteiger partial charge in [0.05, 0.1) is 13.3 Å². The minimum atomic E-state index is -0.801. The van der Waals surface area contributed by atoms with Gasteiger partial charge in [-0.1, -0.05) is 13.8 Å². The van der Waals surface area contributed by atoms with Gasteiger partial charge in [-0.2, -0.15) is 5.10 Å². The van der Waals surface area contributed by atoms with Crippen molar-refractivity contribution in [3.05, 3.63) is 54.1 Å². The van der Waals surface area contributed by atoms with Crippen molar-refractivity contribution >= 4 is 29.2 Å². The first-order valence-corrected chi connectivity index (χ1v) is 14.4. The van der Waals surface area contributed by atoms with Gasteiger partial charge in [-0.25, -0.2) is 9.78 Å². The third-order valence-corrected chi connectivity index (χ3v) is 9.15. The van der Waals surface area contributed by atoms with Gasteiger partial charge < -0.3 is 24.3 Å². The molecule has 2 aromatic carbocycles. The van der Waals surface area contributed by atoms with Crippen LogP contribution in [0.2, 0.25) is 0 Å². The second kappa shape index (κ2) is 10.9. The van der Waals surface area contributed by atoms with Crippen LogP contribution in [0, 0.1) is 23.7 Å². The molecule has 1 spiro atoms. The molecular weight excluding hydrogens is 530 g/mol. The van der Waals surface area contributed by atoms with Crippen LogP contribution >= 0.6 is 12.2 Å². The van der Waals surface area contributed by atoms with E-state index in [-0.39, 0.29) is 11.8 Å². The standard InChI is InChI=1S/C30H37N3O6S/c1-18-5-14-25-19(2)26(36-27-30(25)24(18)15-16-29(3,37-27)38-39-30)35-23-10-6-20(7-11-23)17-31-33-28(40)32-21-8-12-22(34-4)13-9-21/h6-13,17-19,24-27H,5,14-16H2,1-4H3,(H2,32,33,40)/b31-17+/t18-,19-,24+,25+,26+,27?,29+,30-/m1/s1. The summed E-state index contributed by atoms with van der Waals surface area (Å²) in [7, 11) is 1.63. The molecule has 5 fully saturated rings. The SMILES string of the molecule is COc1ccc(NC(=S)N/N=C/c2ccc(O[C@H]3OC4O[C@]5(C)CC[C@H]6[C@H](C)CC[C@@H]([C@H]3C)[C@@]46OO5)cc2)cc1. The van der Waals surface area contributed by atoms with Gasteiger partial charge in [-0.15, -0.1) is 0 Å². The highest BCUT2D eigenvalue weighted by atomic mass is 32.1. The number of ether oxygens (including phenoxy) is 4. The molecule has 0 radical (unpaired) electrons. The van der Waals surface area contributed by atoms with E-state index in [2.05, 4.69) is 29.7 Å². The summed E-state index contributed by atoms with van der Waals surface area (Å²) >= 11 is 5.32. The number of benzene rings is 2. The minimum absolute atomic E-state index is 0.102. The van der Waals surface area contributed by atoms with Crippen LogP contribution in [0.1, 0.15) is 52.0 Å². The van der Waals surface area contributed by atoms with Crippen LogP contribution in [-0.4, -0.2) is 42.4 Å². The fourth-order valence-electron chi connectivity index (χ4n) is 6.77. The van der Waals surface area contributed by atoms with Crippen LogP contribution in [0.3, 0.4) is 0 Å². The lowest BCUT2D eigenvalue weighted by Crippen LogP contribution is -2.70. The van der Waals surface area contributed by atoms with Crippen molar-refractivity contribution < 1.29 is 28.7 Å². The Bertz CT molecular complexity index is 1240. The van der Waals surface area contributed by atoms with E-state index >= 15 is 0 Å². The van der Waals surface area contributed by atoms with Crippen LogP contribution in [0.4, 0.5) is 5.69 Å². The maximum Gasteiger partial charge on any atom is 0.205 e. The van der Waals surface area contributed by atoms with E-state index in [1.54, 1.807) is 13.3 Å². The Morgan fingerprint density at radius 3 is 2.50 bits per heavy atom. The molecule has 2 N–H and O–H groups in total. The predicted molar refractivity (Wildman–Crippen MR) is 154 cm³/mol. The van der Waals surface area contributed by atoms with E-state index in [0.29, 0.717) is 16.9 Å². The monoisotopic (exact) mass is 567 g/mol. The molecular formula is C30H37N3O6S. The van der Waals surface area contributed by atoms with E-state index in [1.165, 1.54) is 0 Å². The molecule has 5 aliphatic rings. The number of hydrazone groups is 1. The summed E-state index contributed by atoms with van der Waals surface area (Å²) in [5, 5.41) is 7.71. The van der Waals surface area contributed by atoms with Gasteiger partial charge in [0, 0.05) is 23.9 Å². The molecule has 4 saturated heterocycles. The van der Waals surface area contributed by atoms with Crippen molar-refractivity contribution in [3.8, 4) is 11.5 Å². The van der Waals surface area contributed by atoms with Crippen LogP contribution < -0.4 is 20.2 Å². The molecule has 1 unspecified atom stereocenters. The van der Waals surface area contributed by atoms with Gasteiger partial charge in [0.1, 0.15) is 11.5 Å². The molecule has 214 valence electrons. The number of nitrogens with zero attached hydrogens (tertiary/aromatic N) is 1. The van der Waals surface area contributed by atoms with Crippen LogP contribution in [0.25, 0.3) is 0 Å². The van der Waals surface area contributed by atoms with Crippen LogP contribution in [0.5, 0.6) is 11.5 Å². The Labute approximate surface area is 240 Å². The van der Waals surface area contributed by atoms with Crippen LogP contribution in [-0.2, 0) is 19.2 Å². The van der Waals surface area contributed by atoms with Crippen LogP contribution in [0.15, 0.2) is 53.6 Å². The van der Waals surface area contributed by atoms with Gasteiger partial charge in [-0.3, -0.25) is 5.43 Å². The lowest BCUT2D eigenvalue weighted by atomic mass is 9.58. The molecule has 2 bridgehead atoms.